The average molecular weight is 446 g/mol. The largest absolute Gasteiger partial charge is 0.331 e. The van der Waals surface area contributed by atoms with Crippen LogP contribution in [0, 0.1) is 5.92 Å². The highest BCUT2D eigenvalue weighted by Crippen LogP contribution is 2.36. The minimum Gasteiger partial charge on any atom is -0.331 e. The van der Waals surface area contributed by atoms with E-state index in [-0.39, 0.29) is 11.9 Å². The van der Waals surface area contributed by atoms with Gasteiger partial charge in [-0.05, 0) is 80.3 Å². The van der Waals surface area contributed by atoms with Crippen LogP contribution in [0.3, 0.4) is 0 Å². The quantitative estimate of drug-likeness (QED) is 0.474. The summed E-state index contributed by atoms with van der Waals surface area (Å²) in [7, 11) is 0. The molecule has 4 nitrogen and oxygen atoms in total. The van der Waals surface area contributed by atoms with Crippen LogP contribution >= 0.6 is 11.3 Å². The minimum atomic E-state index is 0.107. The van der Waals surface area contributed by atoms with E-state index in [1.807, 2.05) is 29.5 Å². The number of rotatable bonds is 8. The summed E-state index contributed by atoms with van der Waals surface area (Å²) < 4.78 is 0. The first-order valence-electron chi connectivity index (χ1n) is 11.8. The van der Waals surface area contributed by atoms with Crippen LogP contribution < -0.4 is 0 Å². The molecule has 3 aromatic rings. The van der Waals surface area contributed by atoms with Crippen molar-refractivity contribution in [2.24, 2.45) is 5.92 Å². The van der Waals surface area contributed by atoms with E-state index in [1.54, 1.807) is 6.20 Å². The maximum absolute atomic E-state index is 13.6. The van der Waals surface area contributed by atoms with Crippen LogP contribution in [0.5, 0.6) is 0 Å². The first-order valence-corrected chi connectivity index (χ1v) is 12.7. The Balaban J connectivity index is 1.36. The molecule has 5 heteroatoms. The molecule has 2 aliphatic rings. The van der Waals surface area contributed by atoms with E-state index in [9.17, 15) is 4.79 Å². The van der Waals surface area contributed by atoms with E-state index in [1.165, 1.54) is 10.4 Å². The normalized spacial score (nSPS) is 18.4. The van der Waals surface area contributed by atoms with E-state index in [0.29, 0.717) is 17.7 Å². The summed E-state index contributed by atoms with van der Waals surface area (Å²) in [6, 6.07) is 21.3. The number of aromatic nitrogens is 1. The molecule has 2 aromatic heterocycles. The molecule has 5 rings (SSSR count). The van der Waals surface area contributed by atoms with Crippen LogP contribution in [0.4, 0.5) is 0 Å². The van der Waals surface area contributed by atoms with Crippen LogP contribution in [0.2, 0.25) is 0 Å². The molecule has 0 bridgehead atoms. The Bertz CT molecular complexity index is 980. The molecule has 1 amide bonds. The lowest BCUT2D eigenvalue weighted by Gasteiger charge is -2.41. The number of thiophene rings is 1. The van der Waals surface area contributed by atoms with Crippen LogP contribution in [0.25, 0.3) is 0 Å². The zero-order chi connectivity index (χ0) is 21.8. The van der Waals surface area contributed by atoms with Crippen molar-refractivity contribution in [3.05, 3.63) is 88.4 Å². The summed E-state index contributed by atoms with van der Waals surface area (Å²) in [5.41, 5.74) is 1.89. The second-order valence-electron chi connectivity index (χ2n) is 9.11. The Hall–Kier alpha value is -2.50. The van der Waals surface area contributed by atoms with Crippen LogP contribution in [0.15, 0.2) is 72.2 Å². The smallest absolute Gasteiger partial charge is 0.272 e. The van der Waals surface area contributed by atoms with Gasteiger partial charge in [0.05, 0.1) is 0 Å². The predicted molar refractivity (Wildman–Crippen MR) is 130 cm³/mol. The van der Waals surface area contributed by atoms with Crippen molar-refractivity contribution in [2.75, 3.05) is 13.1 Å². The van der Waals surface area contributed by atoms with E-state index < -0.39 is 0 Å². The molecule has 0 N–H and O–H groups in total. The van der Waals surface area contributed by atoms with E-state index in [0.717, 1.165) is 51.7 Å². The van der Waals surface area contributed by atoms with Gasteiger partial charge in [-0.3, -0.25) is 14.7 Å². The Morgan fingerprint density at radius 2 is 1.78 bits per heavy atom. The van der Waals surface area contributed by atoms with Gasteiger partial charge in [0.2, 0.25) is 0 Å². The zero-order valence-corrected chi connectivity index (χ0v) is 19.3. The summed E-state index contributed by atoms with van der Waals surface area (Å²) in [5.74, 6) is 0.623. The van der Waals surface area contributed by atoms with Crippen molar-refractivity contribution < 1.29 is 4.79 Å². The number of pyridine rings is 1. The summed E-state index contributed by atoms with van der Waals surface area (Å²) in [5, 5.41) is 2.16. The fourth-order valence-electron chi connectivity index (χ4n) is 5.03. The van der Waals surface area contributed by atoms with Gasteiger partial charge in [-0.2, -0.15) is 0 Å². The molecule has 32 heavy (non-hydrogen) atoms. The topological polar surface area (TPSA) is 36.4 Å². The van der Waals surface area contributed by atoms with Crippen molar-refractivity contribution in [1.29, 1.82) is 0 Å². The van der Waals surface area contributed by atoms with Gasteiger partial charge in [0.15, 0.2) is 0 Å². The molecular weight excluding hydrogens is 414 g/mol. The Morgan fingerprint density at radius 3 is 2.44 bits per heavy atom. The monoisotopic (exact) mass is 445 g/mol. The van der Waals surface area contributed by atoms with Crippen LogP contribution in [-0.4, -0.2) is 45.9 Å². The molecular formula is C27H31N3OS. The molecule has 1 atom stereocenters. The molecule has 3 heterocycles. The Morgan fingerprint density at radius 1 is 1.00 bits per heavy atom. The Labute approximate surface area is 194 Å². The summed E-state index contributed by atoms with van der Waals surface area (Å²) in [6.45, 7) is 3.25. The third-order valence-electron chi connectivity index (χ3n) is 6.84. The lowest BCUT2D eigenvalue weighted by Crippen LogP contribution is -2.50. The van der Waals surface area contributed by atoms with Gasteiger partial charge >= 0.3 is 0 Å². The summed E-state index contributed by atoms with van der Waals surface area (Å²) in [6.07, 6.45) is 7.16. The van der Waals surface area contributed by atoms with Crippen molar-refractivity contribution in [1.82, 2.24) is 14.8 Å². The first kappa shape index (κ1) is 21.4. The second-order valence-corrected chi connectivity index (χ2v) is 10.1. The number of carbonyl (C=O) groups is 1. The predicted octanol–water partition coefficient (Wildman–Crippen LogP) is 5.27. The van der Waals surface area contributed by atoms with Gasteiger partial charge in [0, 0.05) is 29.7 Å². The van der Waals surface area contributed by atoms with Crippen LogP contribution in [0.1, 0.15) is 46.6 Å². The molecule has 1 unspecified atom stereocenters. The molecule has 1 aromatic carbocycles. The highest BCUT2D eigenvalue weighted by atomic mass is 32.1. The van der Waals surface area contributed by atoms with Gasteiger partial charge in [0.25, 0.3) is 5.91 Å². The third kappa shape index (κ3) is 5.11. The van der Waals surface area contributed by atoms with Crippen molar-refractivity contribution >= 4 is 17.2 Å². The lowest BCUT2D eigenvalue weighted by atomic mass is 9.84. The van der Waals surface area contributed by atoms with E-state index in [2.05, 4.69) is 62.6 Å². The number of nitrogens with zero attached hydrogens (tertiary/aromatic N) is 3. The standard InChI is InChI=1S/C27H31N3OS/c31-27(25-10-4-5-15-28-25)30(23-11-12-23)26(19-21-7-2-1-3-8-21)22-13-16-29(17-14-22)20-24-9-6-18-32-24/h1-10,15,18,22-23,26H,11-14,16-17,19-20H2. The van der Waals surface area contributed by atoms with Gasteiger partial charge in [-0.15, -0.1) is 11.3 Å². The van der Waals surface area contributed by atoms with Crippen molar-refractivity contribution in [3.8, 4) is 0 Å². The molecule has 2 fully saturated rings. The maximum atomic E-state index is 13.6. The number of carbonyl (C=O) groups excluding carboxylic acids is 1. The first-order chi connectivity index (χ1) is 15.8. The highest BCUT2D eigenvalue weighted by molar-refractivity contribution is 7.09. The number of hydrogen-bond donors (Lipinski definition) is 0. The van der Waals surface area contributed by atoms with Gasteiger partial charge in [-0.25, -0.2) is 0 Å². The van der Waals surface area contributed by atoms with Crippen molar-refractivity contribution in [3.63, 3.8) is 0 Å². The SMILES string of the molecule is O=C(c1ccccn1)N(C1CC1)C(Cc1ccccc1)C1CCN(Cc2cccs2)CC1. The Kier molecular flexibility index (Phi) is 6.65. The lowest BCUT2D eigenvalue weighted by molar-refractivity contribution is 0.0477. The number of hydrogen-bond acceptors (Lipinski definition) is 4. The molecule has 166 valence electrons. The molecule has 1 saturated carbocycles. The molecule has 0 radical (unpaired) electrons. The van der Waals surface area contributed by atoms with Gasteiger partial charge in [-0.1, -0.05) is 42.5 Å². The van der Waals surface area contributed by atoms with E-state index >= 15 is 0 Å². The minimum absolute atomic E-state index is 0.107. The summed E-state index contributed by atoms with van der Waals surface area (Å²) in [4.78, 5) is 24.3. The molecule has 1 saturated heterocycles. The number of benzene rings is 1. The molecule has 1 aliphatic carbocycles. The number of piperidine rings is 1. The third-order valence-corrected chi connectivity index (χ3v) is 7.70. The van der Waals surface area contributed by atoms with Gasteiger partial charge in [0.1, 0.15) is 5.69 Å². The number of likely N-dealkylation sites (tertiary alicyclic amines) is 1. The number of amides is 1. The second kappa shape index (κ2) is 9.97. The fraction of sp³-hybridized carbons (Fsp3) is 0.407. The highest BCUT2D eigenvalue weighted by Gasteiger charge is 2.41. The maximum Gasteiger partial charge on any atom is 0.272 e. The molecule has 1 aliphatic heterocycles. The zero-order valence-electron chi connectivity index (χ0n) is 18.5. The van der Waals surface area contributed by atoms with Crippen molar-refractivity contribution in [2.45, 2.75) is 50.7 Å². The molecule has 0 spiro atoms. The summed E-state index contributed by atoms with van der Waals surface area (Å²) >= 11 is 1.84. The van der Waals surface area contributed by atoms with E-state index in [4.69, 9.17) is 0 Å². The van der Waals surface area contributed by atoms with Gasteiger partial charge < -0.3 is 4.90 Å². The average Bonchev–Trinajstić information content (AvgIpc) is 3.55. The fourth-order valence-corrected chi connectivity index (χ4v) is 5.77. The van der Waals surface area contributed by atoms with Crippen LogP contribution in [-0.2, 0) is 13.0 Å².